The lowest BCUT2D eigenvalue weighted by molar-refractivity contribution is -0.132. The number of aromatic amines is 1. The first-order valence-electron chi connectivity index (χ1n) is 9.62. The highest BCUT2D eigenvalue weighted by Gasteiger charge is 2.25. The van der Waals surface area contributed by atoms with Gasteiger partial charge in [-0.25, -0.2) is 0 Å². The number of nitrogens with one attached hydrogen (secondary N) is 1. The largest absolute Gasteiger partial charge is 0.461 e. The summed E-state index contributed by atoms with van der Waals surface area (Å²) in [6.07, 6.45) is 5.03. The zero-order chi connectivity index (χ0) is 18.6. The number of amides is 1. The molecule has 0 aliphatic carbocycles. The summed E-state index contributed by atoms with van der Waals surface area (Å²) < 4.78 is 5.94. The van der Waals surface area contributed by atoms with Crippen LogP contribution in [0.15, 0.2) is 53.1 Å². The second-order valence-electron chi connectivity index (χ2n) is 7.32. The molecule has 0 saturated carbocycles. The van der Waals surface area contributed by atoms with Crippen LogP contribution >= 0.6 is 0 Å². The lowest BCUT2D eigenvalue weighted by Gasteiger charge is -2.32. The van der Waals surface area contributed by atoms with E-state index in [1.165, 1.54) is 5.56 Å². The highest BCUT2D eigenvalue weighted by molar-refractivity contribution is 5.76. The topological polar surface area (TPSA) is 62.1 Å². The molecule has 1 unspecified atom stereocenters. The van der Waals surface area contributed by atoms with Gasteiger partial charge in [-0.1, -0.05) is 29.8 Å². The Hall–Kier alpha value is -2.82. The number of hydrogen-bond acceptors (Lipinski definition) is 3. The minimum atomic E-state index is 0.201. The van der Waals surface area contributed by atoms with Crippen molar-refractivity contribution in [2.24, 2.45) is 0 Å². The molecule has 1 atom stereocenters. The number of piperidine rings is 1. The Kier molecular flexibility index (Phi) is 5.10. The van der Waals surface area contributed by atoms with Crippen LogP contribution in [0.4, 0.5) is 0 Å². The van der Waals surface area contributed by atoms with E-state index in [0.717, 1.165) is 48.7 Å². The minimum absolute atomic E-state index is 0.201. The van der Waals surface area contributed by atoms with Gasteiger partial charge in [0.15, 0.2) is 0 Å². The maximum Gasteiger partial charge on any atom is 0.223 e. The molecule has 2 aromatic heterocycles. The lowest BCUT2D eigenvalue weighted by atomic mass is 9.94. The average Bonchev–Trinajstić information content (AvgIpc) is 3.39. The van der Waals surface area contributed by atoms with Crippen molar-refractivity contribution in [3.8, 4) is 11.3 Å². The van der Waals surface area contributed by atoms with Crippen molar-refractivity contribution >= 4 is 5.91 Å². The second-order valence-corrected chi connectivity index (χ2v) is 7.32. The van der Waals surface area contributed by atoms with Crippen molar-refractivity contribution in [1.29, 1.82) is 0 Å². The van der Waals surface area contributed by atoms with Gasteiger partial charge in [0.2, 0.25) is 5.91 Å². The Morgan fingerprint density at radius 2 is 2.07 bits per heavy atom. The summed E-state index contributed by atoms with van der Waals surface area (Å²) in [4.78, 5) is 14.6. The molecule has 1 aromatic carbocycles. The third-order valence-electron chi connectivity index (χ3n) is 5.32. The molecule has 1 aliphatic heterocycles. The molecule has 1 amide bonds. The predicted octanol–water partition coefficient (Wildman–Crippen LogP) is 4.32. The summed E-state index contributed by atoms with van der Waals surface area (Å²) in [6, 6.07) is 14.2. The van der Waals surface area contributed by atoms with Gasteiger partial charge in [0.05, 0.1) is 0 Å². The molecule has 1 aliphatic rings. The van der Waals surface area contributed by atoms with Crippen LogP contribution in [0, 0.1) is 6.92 Å². The summed E-state index contributed by atoms with van der Waals surface area (Å²) in [6.45, 7) is 3.69. The number of hydrogen-bond donors (Lipinski definition) is 1. The van der Waals surface area contributed by atoms with E-state index < -0.39 is 0 Å². The quantitative estimate of drug-likeness (QED) is 0.734. The number of rotatable bonds is 5. The van der Waals surface area contributed by atoms with Crippen LogP contribution in [0.1, 0.15) is 42.2 Å². The highest BCUT2D eigenvalue weighted by Crippen LogP contribution is 2.26. The van der Waals surface area contributed by atoms with Crippen molar-refractivity contribution in [3.05, 3.63) is 65.7 Å². The molecule has 0 bridgehead atoms. The van der Waals surface area contributed by atoms with Crippen LogP contribution in [0.2, 0.25) is 0 Å². The molecule has 0 spiro atoms. The van der Waals surface area contributed by atoms with Crippen molar-refractivity contribution in [1.82, 2.24) is 15.1 Å². The molecule has 3 aromatic rings. The Bertz CT molecular complexity index is 881. The van der Waals surface area contributed by atoms with Gasteiger partial charge in [-0.05, 0) is 38.0 Å². The molecular formula is C22H25N3O2. The molecule has 1 N–H and O–H groups in total. The monoisotopic (exact) mass is 363 g/mol. The van der Waals surface area contributed by atoms with E-state index in [0.29, 0.717) is 18.8 Å². The van der Waals surface area contributed by atoms with Crippen molar-refractivity contribution in [2.45, 2.75) is 38.5 Å². The second kappa shape index (κ2) is 7.82. The number of carbonyl (C=O) groups is 1. The van der Waals surface area contributed by atoms with E-state index in [9.17, 15) is 4.79 Å². The Morgan fingerprint density at radius 1 is 1.22 bits per heavy atom. The molecule has 1 saturated heterocycles. The molecule has 27 heavy (non-hydrogen) atoms. The highest BCUT2D eigenvalue weighted by atomic mass is 16.3. The third kappa shape index (κ3) is 4.13. The third-order valence-corrected chi connectivity index (χ3v) is 5.32. The van der Waals surface area contributed by atoms with Gasteiger partial charge in [-0.15, -0.1) is 0 Å². The van der Waals surface area contributed by atoms with Gasteiger partial charge in [0.1, 0.15) is 11.5 Å². The predicted molar refractivity (Wildman–Crippen MR) is 104 cm³/mol. The molecule has 4 rings (SSSR count). The molecule has 140 valence electrons. The maximum atomic E-state index is 12.7. The number of aromatic nitrogens is 2. The standard InChI is InChI=1S/C22H25N3O2/c1-16-4-6-17(7-5-16)21-10-8-19(27-21)9-11-22(26)25-14-2-3-18(15-25)20-12-13-23-24-20/h4-8,10,12-13,18H,2-3,9,11,14-15H2,1H3,(H,23,24). The van der Waals surface area contributed by atoms with E-state index in [1.807, 2.05) is 23.1 Å². The molecule has 0 radical (unpaired) electrons. The zero-order valence-electron chi connectivity index (χ0n) is 15.6. The number of nitrogens with zero attached hydrogens (tertiary/aromatic N) is 2. The molecule has 1 fully saturated rings. The summed E-state index contributed by atoms with van der Waals surface area (Å²) in [7, 11) is 0. The van der Waals surface area contributed by atoms with Gasteiger partial charge in [-0.2, -0.15) is 5.10 Å². The van der Waals surface area contributed by atoms with Crippen molar-refractivity contribution in [3.63, 3.8) is 0 Å². The SMILES string of the molecule is Cc1ccc(-c2ccc(CCC(=O)N3CCCC(c4ccn[nH]4)C3)o2)cc1. The molecule has 5 nitrogen and oxygen atoms in total. The summed E-state index contributed by atoms with van der Waals surface area (Å²) in [5.74, 6) is 2.28. The summed E-state index contributed by atoms with van der Waals surface area (Å²) in [5.41, 5.74) is 3.42. The van der Waals surface area contributed by atoms with Gasteiger partial charge in [0.25, 0.3) is 0 Å². The van der Waals surface area contributed by atoms with E-state index >= 15 is 0 Å². The van der Waals surface area contributed by atoms with Crippen LogP contribution in [0.5, 0.6) is 0 Å². The summed E-state index contributed by atoms with van der Waals surface area (Å²) >= 11 is 0. The number of carbonyl (C=O) groups excluding carboxylic acids is 1. The number of aryl methyl sites for hydroxylation is 2. The van der Waals surface area contributed by atoms with Gasteiger partial charge >= 0.3 is 0 Å². The van der Waals surface area contributed by atoms with E-state index in [-0.39, 0.29) is 5.91 Å². The van der Waals surface area contributed by atoms with Crippen LogP contribution in [0.3, 0.4) is 0 Å². The molecule has 5 heteroatoms. The smallest absolute Gasteiger partial charge is 0.223 e. The van der Waals surface area contributed by atoms with E-state index in [1.54, 1.807) is 6.20 Å². The fourth-order valence-electron chi connectivity index (χ4n) is 3.73. The Labute approximate surface area is 159 Å². The first-order chi connectivity index (χ1) is 13.2. The first-order valence-corrected chi connectivity index (χ1v) is 9.62. The Balaban J connectivity index is 1.33. The maximum absolute atomic E-state index is 12.7. The fraction of sp³-hybridized carbons (Fsp3) is 0.364. The average molecular weight is 363 g/mol. The van der Waals surface area contributed by atoms with Crippen LogP contribution in [0.25, 0.3) is 11.3 Å². The molecule has 3 heterocycles. The number of furan rings is 1. The van der Waals surface area contributed by atoms with Crippen LogP contribution < -0.4 is 0 Å². The lowest BCUT2D eigenvalue weighted by Crippen LogP contribution is -2.39. The van der Waals surface area contributed by atoms with E-state index in [4.69, 9.17) is 4.42 Å². The zero-order valence-corrected chi connectivity index (χ0v) is 15.6. The summed E-state index contributed by atoms with van der Waals surface area (Å²) in [5, 5.41) is 7.08. The van der Waals surface area contributed by atoms with Gasteiger partial charge in [-0.3, -0.25) is 9.89 Å². The number of H-pyrrole nitrogens is 1. The van der Waals surface area contributed by atoms with Crippen LogP contribution in [-0.2, 0) is 11.2 Å². The van der Waals surface area contributed by atoms with Gasteiger partial charge < -0.3 is 9.32 Å². The Morgan fingerprint density at radius 3 is 2.85 bits per heavy atom. The van der Waals surface area contributed by atoms with E-state index in [2.05, 4.69) is 41.4 Å². The molecular weight excluding hydrogens is 338 g/mol. The van der Waals surface area contributed by atoms with Crippen molar-refractivity contribution < 1.29 is 9.21 Å². The van der Waals surface area contributed by atoms with Crippen molar-refractivity contribution in [2.75, 3.05) is 13.1 Å². The van der Waals surface area contributed by atoms with Gasteiger partial charge in [0, 0.05) is 49.3 Å². The number of benzene rings is 1. The van der Waals surface area contributed by atoms with Crippen LogP contribution in [-0.4, -0.2) is 34.1 Å². The number of likely N-dealkylation sites (tertiary alicyclic amines) is 1. The normalized spacial score (nSPS) is 17.2. The first kappa shape index (κ1) is 17.6. The minimum Gasteiger partial charge on any atom is -0.461 e. The fourth-order valence-corrected chi connectivity index (χ4v) is 3.73.